The van der Waals surface area contributed by atoms with Gasteiger partial charge in [-0.25, -0.2) is 0 Å². The Labute approximate surface area is 169 Å². The Hall–Kier alpha value is -0.910. The number of rotatable bonds is 1. The van der Waals surface area contributed by atoms with Crippen LogP contribution in [0, 0.1) is 5.41 Å². The molecule has 2 aliphatic rings. The molecular weight excluding hydrogens is 378 g/mol. The zero-order valence-electron chi connectivity index (χ0n) is 15.1. The molecule has 0 aromatic heterocycles. The minimum absolute atomic E-state index is 0.230. The Morgan fingerprint density at radius 1 is 1.23 bits per heavy atom. The van der Waals surface area contributed by atoms with Crippen molar-refractivity contribution in [1.29, 1.82) is 0 Å². The standard InChI is InChI=1S/C21H25NOS3/c1-25-20(24)22-13-21(10-3-2-4-11-21)14-26-19(22)17-7-5-6-15-8-9-16(23)12-18(15)17/h5-9,12,19,23H,2-4,10-11,13-14H2,1H3. The third-order valence-electron chi connectivity index (χ3n) is 5.83. The molecule has 1 spiro atoms. The average Bonchev–Trinajstić information content (AvgIpc) is 2.67. The van der Waals surface area contributed by atoms with Gasteiger partial charge in [0, 0.05) is 12.3 Å². The monoisotopic (exact) mass is 403 g/mol. The van der Waals surface area contributed by atoms with Gasteiger partial charge in [-0.15, -0.1) is 23.5 Å². The molecular formula is C21H25NOS3. The Kier molecular flexibility index (Phi) is 5.40. The van der Waals surface area contributed by atoms with Crippen molar-refractivity contribution in [3.8, 4) is 5.75 Å². The highest BCUT2D eigenvalue weighted by atomic mass is 32.2. The van der Waals surface area contributed by atoms with E-state index in [1.807, 2.05) is 23.9 Å². The fourth-order valence-corrected chi connectivity index (χ4v) is 6.82. The van der Waals surface area contributed by atoms with Crippen LogP contribution in [-0.4, -0.2) is 32.9 Å². The zero-order valence-corrected chi connectivity index (χ0v) is 17.6. The summed E-state index contributed by atoms with van der Waals surface area (Å²) in [5.74, 6) is 1.54. The van der Waals surface area contributed by atoms with Gasteiger partial charge in [0.1, 0.15) is 15.4 Å². The maximum atomic E-state index is 10.0. The molecule has 1 N–H and O–H groups in total. The van der Waals surface area contributed by atoms with Crippen molar-refractivity contribution in [2.75, 3.05) is 18.6 Å². The van der Waals surface area contributed by atoms with E-state index < -0.39 is 0 Å². The van der Waals surface area contributed by atoms with Gasteiger partial charge in [0.25, 0.3) is 0 Å². The highest BCUT2D eigenvalue weighted by molar-refractivity contribution is 8.22. The topological polar surface area (TPSA) is 23.5 Å². The number of fused-ring (bicyclic) bond motifs is 1. The predicted molar refractivity (Wildman–Crippen MR) is 119 cm³/mol. The highest BCUT2D eigenvalue weighted by Crippen LogP contribution is 2.51. The molecule has 0 amide bonds. The van der Waals surface area contributed by atoms with Gasteiger partial charge < -0.3 is 10.0 Å². The molecule has 0 bridgehead atoms. The fourth-order valence-electron chi connectivity index (χ4n) is 4.48. The maximum Gasteiger partial charge on any atom is 0.137 e. The number of hydrogen-bond donors (Lipinski definition) is 1. The van der Waals surface area contributed by atoms with E-state index in [-0.39, 0.29) is 5.37 Å². The number of hydrogen-bond acceptors (Lipinski definition) is 4. The molecule has 1 unspecified atom stereocenters. The summed E-state index contributed by atoms with van der Waals surface area (Å²) >= 11 is 9.50. The molecule has 26 heavy (non-hydrogen) atoms. The van der Waals surface area contributed by atoms with E-state index in [2.05, 4.69) is 29.4 Å². The van der Waals surface area contributed by atoms with Crippen LogP contribution in [0.2, 0.25) is 0 Å². The smallest absolute Gasteiger partial charge is 0.137 e. The van der Waals surface area contributed by atoms with Crippen molar-refractivity contribution < 1.29 is 5.11 Å². The summed E-state index contributed by atoms with van der Waals surface area (Å²) in [5, 5.41) is 12.6. The van der Waals surface area contributed by atoms with Gasteiger partial charge in [-0.2, -0.15) is 0 Å². The van der Waals surface area contributed by atoms with E-state index in [0.29, 0.717) is 11.2 Å². The lowest BCUT2D eigenvalue weighted by Gasteiger charge is -2.49. The normalized spacial score (nSPS) is 22.7. The van der Waals surface area contributed by atoms with E-state index in [0.717, 1.165) is 16.3 Å². The summed E-state index contributed by atoms with van der Waals surface area (Å²) in [6, 6.07) is 12.1. The van der Waals surface area contributed by atoms with Crippen molar-refractivity contribution in [2.45, 2.75) is 37.5 Å². The first-order valence-corrected chi connectivity index (χ1v) is 12.0. The molecule has 2 aromatic carbocycles. The number of thioether (sulfide) groups is 2. The Bertz CT molecular complexity index is 816. The number of nitrogens with zero attached hydrogens (tertiary/aromatic N) is 1. The van der Waals surface area contributed by atoms with E-state index in [1.165, 1.54) is 48.8 Å². The largest absolute Gasteiger partial charge is 0.508 e. The SMILES string of the molecule is CSC(=S)N1CC2(CCCCC2)CSC1c1cccc2ccc(O)cc12. The molecule has 1 heterocycles. The first kappa shape index (κ1) is 18.5. The molecule has 138 valence electrons. The molecule has 1 atom stereocenters. The molecule has 1 aliphatic carbocycles. The highest BCUT2D eigenvalue weighted by Gasteiger charge is 2.42. The van der Waals surface area contributed by atoms with Crippen LogP contribution in [0.25, 0.3) is 10.8 Å². The number of aromatic hydroxyl groups is 1. The number of phenolic OH excluding ortho intramolecular Hbond substituents is 1. The second kappa shape index (κ2) is 7.61. The lowest BCUT2D eigenvalue weighted by atomic mass is 9.75. The molecule has 5 heteroatoms. The van der Waals surface area contributed by atoms with Crippen molar-refractivity contribution in [3.63, 3.8) is 0 Å². The minimum atomic E-state index is 0.230. The molecule has 1 aliphatic heterocycles. The summed E-state index contributed by atoms with van der Waals surface area (Å²) < 4.78 is 0.990. The van der Waals surface area contributed by atoms with E-state index in [1.54, 1.807) is 17.8 Å². The lowest BCUT2D eigenvalue weighted by molar-refractivity contribution is 0.155. The first-order valence-electron chi connectivity index (χ1n) is 9.30. The molecule has 2 nitrogen and oxygen atoms in total. The maximum absolute atomic E-state index is 10.0. The summed E-state index contributed by atoms with van der Waals surface area (Å²) in [6.07, 6.45) is 8.83. The number of benzene rings is 2. The van der Waals surface area contributed by atoms with Gasteiger partial charge in [-0.3, -0.25) is 0 Å². The third kappa shape index (κ3) is 3.46. The molecule has 1 saturated heterocycles. The van der Waals surface area contributed by atoms with E-state index >= 15 is 0 Å². The van der Waals surface area contributed by atoms with E-state index in [9.17, 15) is 5.11 Å². The summed E-state index contributed by atoms with van der Waals surface area (Å²) in [6.45, 7) is 1.07. The van der Waals surface area contributed by atoms with Crippen LogP contribution in [0.1, 0.15) is 43.0 Å². The Morgan fingerprint density at radius 3 is 2.81 bits per heavy atom. The molecule has 4 rings (SSSR count). The van der Waals surface area contributed by atoms with Crippen LogP contribution in [-0.2, 0) is 0 Å². The summed E-state index contributed by atoms with van der Waals surface area (Å²) in [4.78, 5) is 2.46. The third-order valence-corrected chi connectivity index (χ3v) is 8.75. The first-order chi connectivity index (χ1) is 12.6. The van der Waals surface area contributed by atoms with Crippen LogP contribution in [0.5, 0.6) is 5.75 Å². The van der Waals surface area contributed by atoms with Gasteiger partial charge in [-0.05, 0) is 53.0 Å². The van der Waals surface area contributed by atoms with Crippen LogP contribution in [0.3, 0.4) is 0 Å². The van der Waals surface area contributed by atoms with Gasteiger partial charge in [-0.1, -0.05) is 55.7 Å². The van der Waals surface area contributed by atoms with Crippen LogP contribution < -0.4 is 0 Å². The van der Waals surface area contributed by atoms with Crippen LogP contribution >= 0.6 is 35.7 Å². The van der Waals surface area contributed by atoms with E-state index in [4.69, 9.17) is 12.2 Å². The van der Waals surface area contributed by atoms with Crippen molar-refractivity contribution in [2.24, 2.45) is 5.41 Å². The average molecular weight is 404 g/mol. The summed E-state index contributed by atoms with van der Waals surface area (Å²) in [7, 11) is 0. The van der Waals surface area contributed by atoms with Crippen molar-refractivity contribution in [1.82, 2.24) is 4.90 Å². The zero-order chi connectivity index (χ0) is 18.1. The molecule has 0 radical (unpaired) electrons. The molecule has 2 aromatic rings. The van der Waals surface area contributed by atoms with Crippen LogP contribution in [0.15, 0.2) is 36.4 Å². The second-order valence-corrected chi connectivity index (χ2v) is 10.1. The number of phenols is 1. The molecule has 1 saturated carbocycles. The lowest BCUT2D eigenvalue weighted by Crippen LogP contribution is -2.47. The summed E-state index contributed by atoms with van der Waals surface area (Å²) in [5.41, 5.74) is 1.69. The van der Waals surface area contributed by atoms with Crippen molar-refractivity contribution >= 4 is 50.8 Å². The minimum Gasteiger partial charge on any atom is -0.508 e. The van der Waals surface area contributed by atoms with Gasteiger partial charge in [0.2, 0.25) is 0 Å². The molecule has 2 fully saturated rings. The second-order valence-electron chi connectivity index (χ2n) is 7.57. The Balaban J connectivity index is 1.73. The predicted octanol–water partition coefficient (Wildman–Crippen LogP) is 6.19. The Morgan fingerprint density at radius 2 is 2.04 bits per heavy atom. The van der Waals surface area contributed by atoms with Crippen molar-refractivity contribution in [3.05, 3.63) is 42.0 Å². The fraction of sp³-hybridized carbons (Fsp3) is 0.476. The van der Waals surface area contributed by atoms with Gasteiger partial charge in [0.05, 0.1) is 0 Å². The quantitative estimate of drug-likeness (QED) is 0.572. The van der Waals surface area contributed by atoms with Crippen LogP contribution in [0.4, 0.5) is 0 Å². The number of thiocarbonyl (C=S) groups is 1. The van der Waals surface area contributed by atoms with Gasteiger partial charge in [0.15, 0.2) is 0 Å². The van der Waals surface area contributed by atoms with Gasteiger partial charge >= 0.3 is 0 Å².